The zero-order valence-electron chi connectivity index (χ0n) is 15.3. The van der Waals surface area contributed by atoms with Crippen LogP contribution in [0.15, 0.2) is 24.3 Å². The Morgan fingerprint density at radius 3 is 2.35 bits per heavy atom. The first-order valence-corrected chi connectivity index (χ1v) is 8.94. The third-order valence-electron chi connectivity index (χ3n) is 4.65. The number of nitrogens with zero attached hydrogens (tertiary/aromatic N) is 2. The Morgan fingerprint density at radius 2 is 1.77 bits per heavy atom. The molecule has 26 heavy (non-hydrogen) atoms. The van der Waals surface area contributed by atoms with Crippen LogP contribution in [0.2, 0.25) is 0 Å². The van der Waals surface area contributed by atoms with Gasteiger partial charge in [-0.25, -0.2) is 9.69 Å². The topological polar surface area (TPSA) is 76.2 Å². The quantitative estimate of drug-likeness (QED) is 0.600. The number of benzene rings is 1. The number of carbonyl (C=O) groups is 3. The van der Waals surface area contributed by atoms with E-state index in [2.05, 4.69) is 0 Å². The van der Waals surface area contributed by atoms with Crippen LogP contribution in [-0.2, 0) is 19.1 Å². The number of ether oxygens (including phenoxy) is 2. The number of hydrogen-bond donors (Lipinski definition) is 0. The van der Waals surface area contributed by atoms with E-state index < -0.39 is 12.0 Å². The normalized spacial score (nSPS) is 27.0. The van der Waals surface area contributed by atoms with Crippen molar-refractivity contribution in [3.8, 4) is 0 Å². The summed E-state index contributed by atoms with van der Waals surface area (Å²) in [5.74, 6) is -0.872. The molecule has 7 nitrogen and oxygen atoms in total. The van der Waals surface area contributed by atoms with Gasteiger partial charge < -0.3 is 9.47 Å². The second kappa shape index (κ2) is 7.55. The van der Waals surface area contributed by atoms with Crippen molar-refractivity contribution in [3.63, 3.8) is 0 Å². The van der Waals surface area contributed by atoms with Crippen LogP contribution < -0.4 is 4.90 Å². The summed E-state index contributed by atoms with van der Waals surface area (Å²) in [6.45, 7) is 7.22. The molecule has 0 aromatic heterocycles. The zero-order chi connectivity index (χ0) is 18.8. The molecule has 0 aliphatic carbocycles. The van der Waals surface area contributed by atoms with Gasteiger partial charge in [0.05, 0.1) is 42.5 Å². The van der Waals surface area contributed by atoms with Crippen molar-refractivity contribution in [2.75, 3.05) is 24.6 Å². The molecule has 140 valence electrons. The van der Waals surface area contributed by atoms with Gasteiger partial charge in [0.25, 0.3) is 5.91 Å². The average molecular weight is 360 g/mol. The van der Waals surface area contributed by atoms with Gasteiger partial charge in [-0.2, -0.15) is 0 Å². The maximum Gasteiger partial charge on any atom is 0.338 e. The molecule has 0 saturated carbocycles. The zero-order valence-corrected chi connectivity index (χ0v) is 15.3. The standard InChI is InChI=1S/C19H24N2O5/c1-4-25-19(24)14-5-7-15(8-6-14)21-17(22)9-16(18(21)23)20-10-12(2)26-13(3)11-20/h5-8,12-13,16H,4,9-11H2,1-3H3/t12-,13-,16?/m0/s1. The number of rotatable bonds is 4. The lowest BCUT2D eigenvalue weighted by molar-refractivity contribution is -0.127. The largest absolute Gasteiger partial charge is 0.462 e. The van der Waals surface area contributed by atoms with Gasteiger partial charge in [0.1, 0.15) is 0 Å². The monoisotopic (exact) mass is 360 g/mol. The van der Waals surface area contributed by atoms with Gasteiger partial charge in [-0.05, 0) is 45.0 Å². The molecule has 2 fully saturated rings. The summed E-state index contributed by atoms with van der Waals surface area (Å²) in [5.41, 5.74) is 0.868. The Kier molecular flexibility index (Phi) is 5.38. The van der Waals surface area contributed by atoms with Crippen LogP contribution in [0.25, 0.3) is 0 Å². The van der Waals surface area contributed by atoms with Crippen LogP contribution in [0.3, 0.4) is 0 Å². The third kappa shape index (κ3) is 3.64. The minimum Gasteiger partial charge on any atom is -0.462 e. The van der Waals surface area contributed by atoms with E-state index in [-0.39, 0.29) is 30.4 Å². The number of imide groups is 1. The van der Waals surface area contributed by atoms with Crippen molar-refractivity contribution in [1.29, 1.82) is 0 Å². The molecular weight excluding hydrogens is 336 g/mol. The summed E-state index contributed by atoms with van der Waals surface area (Å²) >= 11 is 0. The first-order valence-electron chi connectivity index (χ1n) is 8.94. The Morgan fingerprint density at radius 1 is 1.15 bits per heavy atom. The summed E-state index contributed by atoms with van der Waals surface area (Å²) in [6.07, 6.45) is 0.219. The van der Waals surface area contributed by atoms with Crippen molar-refractivity contribution >= 4 is 23.5 Å². The Bertz CT molecular complexity index is 692. The molecule has 1 aromatic carbocycles. The molecule has 1 unspecified atom stereocenters. The summed E-state index contributed by atoms with van der Waals surface area (Å²) in [5, 5.41) is 0. The molecule has 2 aliphatic rings. The van der Waals surface area contributed by atoms with E-state index in [1.165, 1.54) is 4.90 Å². The fourth-order valence-corrected chi connectivity index (χ4v) is 3.61. The fraction of sp³-hybridized carbons (Fsp3) is 0.526. The number of morpholine rings is 1. The van der Waals surface area contributed by atoms with Crippen LogP contribution in [0.5, 0.6) is 0 Å². The van der Waals surface area contributed by atoms with E-state index in [1.54, 1.807) is 31.2 Å². The van der Waals surface area contributed by atoms with Crippen molar-refractivity contribution in [2.24, 2.45) is 0 Å². The second-order valence-electron chi connectivity index (χ2n) is 6.77. The average Bonchev–Trinajstić information content (AvgIpc) is 2.89. The molecule has 7 heteroatoms. The lowest BCUT2D eigenvalue weighted by Crippen LogP contribution is -2.52. The first kappa shape index (κ1) is 18.5. The van der Waals surface area contributed by atoms with E-state index in [4.69, 9.17) is 9.47 Å². The van der Waals surface area contributed by atoms with Gasteiger partial charge in [0.2, 0.25) is 5.91 Å². The summed E-state index contributed by atoms with van der Waals surface area (Å²) < 4.78 is 10.7. The number of carbonyl (C=O) groups excluding carboxylic acids is 3. The first-order chi connectivity index (χ1) is 12.4. The van der Waals surface area contributed by atoms with Gasteiger partial charge in [0.15, 0.2) is 0 Å². The molecule has 3 rings (SSSR count). The highest BCUT2D eigenvalue weighted by atomic mass is 16.5. The highest BCUT2D eigenvalue weighted by Gasteiger charge is 2.44. The van der Waals surface area contributed by atoms with Gasteiger partial charge in [-0.3, -0.25) is 14.5 Å². The smallest absolute Gasteiger partial charge is 0.338 e. The minimum absolute atomic E-state index is 0.0274. The molecule has 0 spiro atoms. The SMILES string of the molecule is CCOC(=O)c1ccc(N2C(=O)CC(N3C[C@H](C)O[C@@H](C)C3)C2=O)cc1. The number of anilines is 1. The van der Waals surface area contributed by atoms with Gasteiger partial charge in [0, 0.05) is 13.1 Å². The number of esters is 1. The summed E-state index contributed by atoms with van der Waals surface area (Å²) in [6, 6.07) is 5.89. The number of amides is 2. The highest BCUT2D eigenvalue weighted by molar-refractivity contribution is 6.22. The van der Waals surface area contributed by atoms with Gasteiger partial charge >= 0.3 is 5.97 Å². The summed E-state index contributed by atoms with van der Waals surface area (Å²) in [4.78, 5) is 40.3. The molecule has 0 bridgehead atoms. The van der Waals surface area contributed by atoms with Crippen molar-refractivity contribution < 1.29 is 23.9 Å². The van der Waals surface area contributed by atoms with Gasteiger partial charge in [-0.1, -0.05) is 0 Å². The van der Waals surface area contributed by atoms with Crippen LogP contribution in [0.1, 0.15) is 37.6 Å². The van der Waals surface area contributed by atoms with Crippen LogP contribution in [0.4, 0.5) is 5.69 Å². The van der Waals surface area contributed by atoms with E-state index in [1.807, 2.05) is 18.7 Å². The van der Waals surface area contributed by atoms with E-state index in [0.29, 0.717) is 30.9 Å². The molecule has 2 aliphatic heterocycles. The summed E-state index contributed by atoms with van der Waals surface area (Å²) in [7, 11) is 0. The Labute approximate surface area is 152 Å². The Hall–Kier alpha value is -2.25. The predicted octanol–water partition coefficient (Wildman–Crippen LogP) is 1.60. The molecule has 0 radical (unpaired) electrons. The van der Waals surface area contributed by atoms with Crippen LogP contribution in [-0.4, -0.2) is 60.6 Å². The maximum absolute atomic E-state index is 12.9. The molecule has 1 aromatic rings. The van der Waals surface area contributed by atoms with Crippen molar-refractivity contribution in [1.82, 2.24) is 4.90 Å². The minimum atomic E-state index is -0.457. The number of hydrogen-bond acceptors (Lipinski definition) is 6. The lowest BCUT2D eigenvalue weighted by Gasteiger charge is -2.37. The maximum atomic E-state index is 12.9. The lowest BCUT2D eigenvalue weighted by atomic mass is 10.1. The molecule has 2 heterocycles. The highest BCUT2D eigenvalue weighted by Crippen LogP contribution is 2.28. The van der Waals surface area contributed by atoms with E-state index >= 15 is 0 Å². The van der Waals surface area contributed by atoms with Crippen molar-refractivity contribution in [2.45, 2.75) is 45.4 Å². The fourth-order valence-electron chi connectivity index (χ4n) is 3.61. The van der Waals surface area contributed by atoms with E-state index in [9.17, 15) is 14.4 Å². The molecule has 2 amide bonds. The molecule has 3 atom stereocenters. The predicted molar refractivity (Wildman–Crippen MR) is 94.9 cm³/mol. The second-order valence-corrected chi connectivity index (χ2v) is 6.77. The molecule has 0 N–H and O–H groups in total. The molecular formula is C19H24N2O5. The Balaban J connectivity index is 1.76. The van der Waals surface area contributed by atoms with Crippen molar-refractivity contribution in [3.05, 3.63) is 29.8 Å². The third-order valence-corrected chi connectivity index (χ3v) is 4.65. The van der Waals surface area contributed by atoms with Crippen LogP contribution in [0, 0.1) is 0 Å². The van der Waals surface area contributed by atoms with Crippen LogP contribution >= 0.6 is 0 Å². The molecule has 2 saturated heterocycles. The van der Waals surface area contributed by atoms with E-state index in [0.717, 1.165) is 0 Å². The van der Waals surface area contributed by atoms with Gasteiger partial charge in [-0.15, -0.1) is 0 Å².